The lowest BCUT2D eigenvalue weighted by molar-refractivity contribution is 0.311. The third kappa shape index (κ3) is 2.82. The number of likely N-dealkylation sites (N-methyl/N-ethyl adjacent to an activating group) is 1. The lowest BCUT2D eigenvalue weighted by Gasteiger charge is -2.28. The Morgan fingerprint density at radius 1 is 1.12 bits per heavy atom. The second-order valence-corrected chi connectivity index (χ2v) is 7.53. The fourth-order valence-electron chi connectivity index (χ4n) is 2.81. The summed E-state index contributed by atoms with van der Waals surface area (Å²) in [4.78, 5) is 18.5. The van der Waals surface area contributed by atoms with Crippen LogP contribution in [0.2, 0.25) is 0 Å². The average molecular weight is 360 g/mol. The molecular formula is C16H16N4O4S. The van der Waals surface area contributed by atoms with Crippen molar-refractivity contribution in [3.63, 3.8) is 0 Å². The van der Waals surface area contributed by atoms with Crippen molar-refractivity contribution >= 4 is 32.4 Å². The van der Waals surface area contributed by atoms with Crippen LogP contribution in [0.3, 0.4) is 0 Å². The van der Waals surface area contributed by atoms with E-state index < -0.39 is 10.0 Å². The van der Waals surface area contributed by atoms with Crippen LogP contribution in [0, 0.1) is 0 Å². The molecule has 2 heterocycles. The number of anilines is 2. The minimum Gasteiger partial charge on any atom is -0.489 e. The summed E-state index contributed by atoms with van der Waals surface area (Å²) in [5, 5.41) is 0. The summed E-state index contributed by atoms with van der Waals surface area (Å²) in [5.74, 6) is 0.638. The Morgan fingerprint density at radius 3 is 2.76 bits per heavy atom. The lowest BCUT2D eigenvalue weighted by atomic mass is 10.2. The molecule has 1 aromatic heterocycles. The molecule has 0 radical (unpaired) electrons. The van der Waals surface area contributed by atoms with Gasteiger partial charge in [-0.1, -0.05) is 0 Å². The average Bonchev–Trinajstić information content (AvgIpc) is 2.93. The van der Waals surface area contributed by atoms with Crippen LogP contribution in [0.25, 0.3) is 11.0 Å². The summed E-state index contributed by atoms with van der Waals surface area (Å²) in [5.41, 5.74) is 1.93. The predicted molar refractivity (Wildman–Crippen MR) is 94.9 cm³/mol. The molecule has 3 N–H and O–H groups in total. The number of hydrogen-bond donors (Lipinski definition) is 3. The minimum atomic E-state index is -3.79. The number of nitrogens with zero attached hydrogens (tertiary/aromatic N) is 1. The highest BCUT2D eigenvalue weighted by molar-refractivity contribution is 7.92. The monoisotopic (exact) mass is 360 g/mol. The maximum Gasteiger partial charge on any atom is 0.323 e. The molecule has 2 aromatic carbocycles. The number of H-pyrrole nitrogens is 2. The molecule has 0 unspecified atom stereocenters. The smallest absolute Gasteiger partial charge is 0.323 e. The maximum atomic E-state index is 12.6. The zero-order valence-electron chi connectivity index (χ0n) is 13.4. The Bertz CT molecular complexity index is 1120. The van der Waals surface area contributed by atoms with Gasteiger partial charge in [0, 0.05) is 13.1 Å². The number of nitrogens with one attached hydrogen (secondary N) is 3. The zero-order chi connectivity index (χ0) is 17.6. The Labute approximate surface area is 143 Å². The first-order chi connectivity index (χ1) is 11.9. The molecular weight excluding hydrogens is 344 g/mol. The van der Waals surface area contributed by atoms with Gasteiger partial charge in [-0.2, -0.15) is 0 Å². The van der Waals surface area contributed by atoms with E-state index in [9.17, 15) is 13.2 Å². The number of imidazole rings is 1. The fraction of sp³-hybridized carbons (Fsp3) is 0.188. The van der Waals surface area contributed by atoms with Crippen LogP contribution >= 0.6 is 0 Å². The van der Waals surface area contributed by atoms with Gasteiger partial charge in [-0.3, -0.25) is 4.72 Å². The number of aromatic nitrogens is 2. The number of ether oxygens (including phenoxy) is 1. The normalized spacial score (nSPS) is 14.2. The number of hydrogen-bond acceptors (Lipinski definition) is 5. The van der Waals surface area contributed by atoms with Gasteiger partial charge in [-0.05, 0) is 30.3 Å². The van der Waals surface area contributed by atoms with Crippen molar-refractivity contribution in [1.82, 2.24) is 9.97 Å². The number of fused-ring (bicyclic) bond motifs is 2. The molecule has 0 fully saturated rings. The molecule has 3 aromatic rings. The Balaban J connectivity index is 1.67. The molecule has 1 aliphatic heterocycles. The third-order valence-electron chi connectivity index (χ3n) is 4.11. The second kappa shape index (κ2) is 5.55. The van der Waals surface area contributed by atoms with Gasteiger partial charge in [0.15, 0.2) is 0 Å². The van der Waals surface area contributed by atoms with Gasteiger partial charge >= 0.3 is 5.69 Å². The van der Waals surface area contributed by atoms with Crippen molar-refractivity contribution in [2.45, 2.75) is 4.90 Å². The molecule has 0 aliphatic carbocycles. The molecule has 8 nitrogen and oxygen atoms in total. The van der Waals surface area contributed by atoms with Gasteiger partial charge in [0.2, 0.25) is 0 Å². The van der Waals surface area contributed by atoms with Gasteiger partial charge in [0.05, 0.1) is 33.8 Å². The molecule has 1 aliphatic rings. The van der Waals surface area contributed by atoms with Crippen LogP contribution in [-0.2, 0) is 10.0 Å². The minimum absolute atomic E-state index is 0.0611. The summed E-state index contributed by atoms with van der Waals surface area (Å²) >= 11 is 0. The SMILES string of the molecule is CN1CCOc2cc(NS(=O)(=O)c3ccc4[nH]c(=O)[nH]c4c3)ccc21. The van der Waals surface area contributed by atoms with Gasteiger partial charge in [0.1, 0.15) is 12.4 Å². The van der Waals surface area contributed by atoms with Gasteiger partial charge in [0.25, 0.3) is 10.0 Å². The summed E-state index contributed by atoms with van der Waals surface area (Å²) in [6.07, 6.45) is 0. The highest BCUT2D eigenvalue weighted by Crippen LogP contribution is 2.33. The molecule has 25 heavy (non-hydrogen) atoms. The first kappa shape index (κ1) is 15.6. The Hall–Kier alpha value is -2.94. The molecule has 0 amide bonds. The third-order valence-corrected chi connectivity index (χ3v) is 5.48. The van der Waals surface area contributed by atoms with Crippen LogP contribution in [0.15, 0.2) is 46.1 Å². The second-order valence-electron chi connectivity index (χ2n) is 5.84. The number of benzene rings is 2. The van der Waals surface area contributed by atoms with Crippen molar-refractivity contribution in [3.8, 4) is 5.75 Å². The van der Waals surface area contributed by atoms with E-state index in [4.69, 9.17) is 4.74 Å². The number of aromatic amines is 2. The molecule has 0 saturated heterocycles. The summed E-state index contributed by atoms with van der Waals surface area (Å²) in [6, 6.07) is 9.58. The highest BCUT2D eigenvalue weighted by atomic mass is 32.2. The summed E-state index contributed by atoms with van der Waals surface area (Å²) in [6.45, 7) is 1.34. The number of rotatable bonds is 3. The first-order valence-electron chi connectivity index (χ1n) is 7.65. The highest BCUT2D eigenvalue weighted by Gasteiger charge is 2.19. The lowest BCUT2D eigenvalue weighted by Crippen LogP contribution is -2.28. The van der Waals surface area contributed by atoms with Crippen molar-refractivity contribution < 1.29 is 13.2 Å². The number of sulfonamides is 1. The van der Waals surface area contributed by atoms with E-state index in [0.29, 0.717) is 29.1 Å². The maximum absolute atomic E-state index is 12.6. The van der Waals surface area contributed by atoms with E-state index in [1.807, 2.05) is 18.0 Å². The molecule has 9 heteroatoms. The predicted octanol–water partition coefficient (Wildman–Crippen LogP) is 1.49. The van der Waals surface area contributed by atoms with Crippen molar-refractivity contribution in [2.75, 3.05) is 29.8 Å². The molecule has 0 atom stereocenters. The van der Waals surface area contributed by atoms with E-state index >= 15 is 0 Å². The fourth-order valence-corrected chi connectivity index (χ4v) is 3.89. The summed E-state index contributed by atoms with van der Waals surface area (Å²) < 4.78 is 33.4. The topological polar surface area (TPSA) is 107 Å². The largest absolute Gasteiger partial charge is 0.489 e. The molecule has 4 rings (SSSR count). The Kier molecular flexibility index (Phi) is 3.46. The van der Waals surface area contributed by atoms with E-state index in [0.717, 1.165) is 12.2 Å². The standard InChI is InChI=1S/C16H16N4O4S/c1-20-6-7-24-15-8-10(2-5-14(15)20)19-25(22,23)11-3-4-12-13(9-11)18-16(21)17-12/h2-5,8-9,19H,6-7H2,1H3,(H2,17,18,21). The van der Waals surface area contributed by atoms with Crippen LogP contribution in [0.4, 0.5) is 11.4 Å². The Morgan fingerprint density at radius 2 is 1.92 bits per heavy atom. The van der Waals surface area contributed by atoms with Crippen molar-refractivity contribution in [3.05, 3.63) is 46.9 Å². The van der Waals surface area contributed by atoms with E-state index in [1.165, 1.54) is 12.1 Å². The van der Waals surface area contributed by atoms with Crippen molar-refractivity contribution in [2.24, 2.45) is 0 Å². The molecule has 0 bridgehead atoms. The van der Waals surface area contributed by atoms with E-state index in [-0.39, 0.29) is 10.6 Å². The van der Waals surface area contributed by atoms with Crippen LogP contribution < -0.4 is 20.0 Å². The molecule has 0 spiro atoms. The van der Waals surface area contributed by atoms with Gasteiger partial charge < -0.3 is 19.6 Å². The van der Waals surface area contributed by atoms with E-state index in [2.05, 4.69) is 14.7 Å². The van der Waals surface area contributed by atoms with Crippen LogP contribution in [0.5, 0.6) is 5.75 Å². The molecule has 130 valence electrons. The first-order valence-corrected chi connectivity index (χ1v) is 9.13. The van der Waals surface area contributed by atoms with Crippen LogP contribution in [-0.4, -0.2) is 38.6 Å². The summed E-state index contributed by atoms with van der Waals surface area (Å²) in [7, 11) is -1.83. The van der Waals surface area contributed by atoms with Gasteiger partial charge in [-0.25, -0.2) is 13.2 Å². The van der Waals surface area contributed by atoms with Crippen molar-refractivity contribution in [1.29, 1.82) is 0 Å². The van der Waals surface area contributed by atoms with E-state index in [1.54, 1.807) is 18.2 Å². The quantitative estimate of drug-likeness (QED) is 0.656. The molecule has 0 saturated carbocycles. The van der Waals surface area contributed by atoms with Crippen LogP contribution in [0.1, 0.15) is 0 Å². The zero-order valence-corrected chi connectivity index (χ0v) is 14.2. The van der Waals surface area contributed by atoms with Gasteiger partial charge in [-0.15, -0.1) is 0 Å².